The number of fused-ring (bicyclic) bond motifs is 1. The third-order valence-corrected chi connectivity index (χ3v) is 8.61. The smallest absolute Gasteiger partial charge is 0.150 e. The molecule has 0 amide bonds. The molecule has 0 aromatic heterocycles. The quantitative estimate of drug-likeness (QED) is 0.0859. The van der Waals surface area contributed by atoms with Gasteiger partial charge < -0.3 is 15.5 Å². The zero-order chi connectivity index (χ0) is 30.4. The lowest BCUT2D eigenvalue weighted by Gasteiger charge is -2.32. The molecule has 1 aliphatic rings. The predicted molar refractivity (Wildman–Crippen MR) is 182 cm³/mol. The normalized spacial score (nSPS) is 13.0. The second-order valence-electron chi connectivity index (χ2n) is 11.8. The molecule has 0 saturated heterocycles. The number of benzene rings is 3. The third-order valence-electron chi connectivity index (χ3n) is 8.61. The Bertz CT molecular complexity index is 1360. The van der Waals surface area contributed by atoms with Crippen LogP contribution in [0.3, 0.4) is 0 Å². The molecule has 43 heavy (non-hydrogen) atoms. The first-order chi connectivity index (χ1) is 21.0. The fourth-order valence-corrected chi connectivity index (χ4v) is 5.97. The van der Waals surface area contributed by atoms with Gasteiger partial charge in [-0.05, 0) is 72.9 Å². The summed E-state index contributed by atoms with van der Waals surface area (Å²) in [5, 5.41) is 6.86. The number of likely N-dealkylation sites (N-methyl/N-ethyl adjacent to an activating group) is 1. The number of carbonyl (C=O) groups excluding carboxylic acids is 1. The van der Waals surface area contributed by atoms with E-state index in [1.165, 1.54) is 65.5 Å². The van der Waals surface area contributed by atoms with Crippen molar-refractivity contribution in [2.45, 2.75) is 76.9 Å². The summed E-state index contributed by atoms with van der Waals surface area (Å²) in [4.78, 5) is 13.2. The molecule has 0 aliphatic carbocycles. The highest BCUT2D eigenvalue weighted by atomic mass is 16.1. The number of aldehydes is 1. The molecule has 1 aliphatic heterocycles. The molecule has 4 nitrogen and oxygen atoms in total. The van der Waals surface area contributed by atoms with Gasteiger partial charge in [-0.25, -0.2) is 0 Å². The molecular formula is C39H49N3O. The van der Waals surface area contributed by atoms with Crippen molar-refractivity contribution in [2.75, 3.05) is 13.6 Å². The molecule has 4 heteroatoms. The maximum absolute atomic E-state index is 10.8. The Morgan fingerprint density at radius 3 is 2.26 bits per heavy atom. The largest absolute Gasteiger partial charge is 0.390 e. The lowest BCUT2D eigenvalue weighted by atomic mass is 10.0. The van der Waals surface area contributed by atoms with Crippen molar-refractivity contribution in [2.24, 2.45) is 0 Å². The van der Waals surface area contributed by atoms with Crippen LogP contribution in [0.4, 0.5) is 0 Å². The van der Waals surface area contributed by atoms with Crippen LogP contribution in [0, 0.1) is 0 Å². The molecule has 4 rings (SSSR count). The second kappa shape index (κ2) is 16.7. The average Bonchev–Trinajstić information content (AvgIpc) is 3.36. The Labute approximate surface area is 259 Å². The van der Waals surface area contributed by atoms with Gasteiger partial charge in [0.2, 0.25) is 0 Å². The van der Waals surface area contributed by atoms with Crippen molar-refractivity contribution in [1.29, 1.82) is 0 Å². The summed E-state index contributed by atoms with van der Waals surface area (Å²) >= 11 is 0. The van der Waals surface area contributed by atoms with E-state index in [1.54, 1.807) is 0 Å². The minimum absolute atomic E-state index is 0.228. The Hall–Kier alpha value is -3.89. The van der Waals surface area contributed by atoms with Crippen LogP contribution < -0.4 is 10.6 Å². The number of allylic oxidation sites excluding steroid dienone is 1. The fourth-order valence-electron chi connectivity index (χ4n) is 5.97. The van der Waals surface area contributed by atoms with Crippen LogP contribution in [0.25, 0.3) is 5.70 Å². The predicted octanol–water partition coefficient (Wildman–Crippen LogP) is 8.23. The summed E-state index contributed by atoms with van der Waals surface area (Å²) in [6, 6.07) is 23.9. The standard InChI is InChI=1S/C39H49N3O/c1-5-6-13-39(30(2)40-4)42-28-37-26-32(22-23-38(37)31(42)3)12-10-8-7-9-11-24-41-27-35-18-14-33(15-19-35)25-34-16-20-36(29-43)21-17-34/h5,14-23,26,29,39-41H,1-3,6-13,24-25,27-28H2,4H3. The van der Waals surface area contributed by atoms with Crippen LogP contribution in [-0.2, 0) is 25.9 Å². The number of rotatable bonds is 19. The van der Waals surface area contributed by atoms with E-state index < -0.39 is 0 Å². The van der Waals surface area contributed by atoms with Gasteiger partial charge in [-0.1, -0.05) is 105 Å². The molecular weight excluding hydrogens is 526 g/mol. The maximum Gasteiger partial charge on any atom is 0.150 e. The highest BCUT2D eigenvalue weighted by Gasteiger charge is 2.29. The van der Waals surface area contributed by atoms with Crippen LogP contribution >= 0.6 is 0 Å². The summed E-state index contributed by atoms with van der Waals surface area (Å²) in [7, 11) is 1.95. The van der Waals surface area contributed by atoms with Gasteiger partial charge in [0, 0.05) is 42.7 Å². The first-order valence-corrected chi connectivity index (χ1v) is 15.9. The number of aryl methyl sites for hydroxylation is 1. The third kappa shape index (κ3) is 9.30. The lowest BCUT2D eigenvalue weighted by molar-refractivity contribution is 0.112. The zero-order valence-electron chi connectivity index (χ0n) is 26.0. The molecule has 3 aromatic carbocycles. The number of hydrogen-bond acceptors (Lipinski definition) is 4. The van der Waals surface area contributed by atoms with Crippen LogP contribution in [0.2, 0.25) is 0 Å². The molecule has 0 spiro atoms. The van der Waals surface area contributed by atoms with Gasteiger partial charge in [0.1, 0.15) is 6.29 Å². The number of hydrogen-bond donors (Lipinski definition) is 2. The van der Waals surface area contributed by atoms with Gasteiger partial charge in [0.15, 0.2) is 0 Å². The van der Waals surface area contributed by atoms with Gasteiger partial charge >= 0.3 is 0 Å². The molecule has 0 bridgehead atoms. The minimum Gasteiger partial charge on any atom is -0.390 e. The van der Waals surface area contributed by atoms with Crippen LogP contribution in [-0.4, -0.2) is 30.8 Å². The molecule has 1 heterocycles. The molecule has 0 fully saturated rings. The molecule has 0 saturated carbocycles. The van der Waals surface area contributed by atoms with E-state index in [4.69, 9.17) is 0 Å². The number of nitrogens with zero attached hydrogens (tertiary/aromatic N) is 1. The zero-order valence-corrected chi connectivity index (χ0v) is 26.0. The summed E-state index contributed by atoms with van der Waals surface area (Å²) in [6.45, 7) is 15.5. The van der Waals surface area contributed by atoms with E-state index in [9.17, 15) is 4.79 Å². The summed E-state index contributed by atoms with van der Waals surface area (Å²) in [6.07, 6.45) is 13.2. The van der Waals surface area contributed by atoms with E-state index in [0.29, 0.717) is 0 Å². The average molecular weight is 576 g/mol. The molecule has 2 N–H and O–H groups in total. The Kier molecular flexibility index (Phi) is 12.4. The second-order valence-corrected chi connectivity index (χ2v) is 11.8. The Morgan fingerprint density at radius 1 is 0.907 bits per heavy atom. The monoisotopic (exact) mass is 575 g/mol. The first-order valence-electron chi connectivity index (χ1n) is 15.9. The van der Waals surface area contributed by atoms with Crippen LogP contribution in [0.1, 0.15) is 88.7 Å². The number of nitrogens with one attached hydrogen (secondary N) is 2. The van der Waals surface area contributed by atoms with Crippen molar-refractivity contribution in [3.05, 3.63) is 137 Å². The van der Waals surface area contributed by atoms with Crippen molar-refractivity contribution in [3.8, 4) is 0 Å². The summed E-state index contributed by atoms with van der Waals surface area (Å²) in [5.74, 6) is 0. The van der Waals surface area contributed by atoms with Crippen molar-refractivity contribution in [1.82, 2.24) is 15.5 Å². The van der Waals surface area contributed by atoms with E-state index in [1.807, 2.05) is 37.4 Å². The van der Waals surface area contributed by atoms with Gasteiger partial charge in [-0.2, -0.15) is 0 Å². The number of unbranched alkanes of at least 4 members (excludes halogenated alkanes) is 4. The van der Waals surface area contributed by atoms with E-state index in [2.05, 4.69) is 77.7 Å². The minimum atomic E-state index is 0.228. The summed E-state index contributed by atoms with van der Waals surface area (Å²) in [5.41, 5.74) is 10.8. The van der Waals surface area contributed by atoms with Crippen molar-refractivity contribution >= 4 is 12.0 Å². The van der Waals surface area contributed by atoms with E-state index in [-0.39, 0.29) is 6.04 Å². The Balaban J connectivity index is 1.09. The maximum atomic E-state index is 10.8. The first kappa shape index (κ1) is 32.0. The highest BCUT2D eigenvalue weighted by molar-refractivity contribution is 5.74. The molecule has 3 aromatic rings. The van der Waals surface area contributed by atoms with Gasteiger partial charge in [-0.3, -0.25) is 4.79 Å². The summed E-state index contributed by atoms with van der Waals surface area (Å²) < 4.78 is 0. The molecule has 1 atom stereocenters. The molecule has 226 valence electrons. The van der Waals surface area contributed by atoms with Crippen molar-refractivity contribution < 1.29 is 4.79 Å². The van der Waals surface area contributed by atoms with Crippen molar-refractivity contribution in [3.63, 3.8) is 0 Å². The fraction of sp³-hybridized carbons (Fsp3) is 0.359. The van der Waals surface area contributed by atoms with Gasteiger partial charge in [0.05, 0.1) is 6.04 Å². The molecule has 1 unspecified atom stereocenters. The SMILES string of the molecule is C=CCCC(C(=C)NC)N1Cc2cc(CCCCCCCNCc3ccc(Cc4ccc(C=O)cc4)cc3)ccc2C1=C. The molecule has 0 radical (unpaired) electrons. The number of carbonyl (C=O) groups is 1. The Morgan fingerprint density at radius 2 is 1.56 bits per heavy atom. The van der Waals surface area contributed by atoms with Gasteiger partial charge in [-0.15, -0.1) is 6.58 Å². The topological polar surface area (TPSA) is 44.4 Å². The lowest BCUT2D eigenvalue weighted by Crippen LogP contribution is -2.35. The van der Waals surface area contributed by atoms with E-state index >= 15 is 0 Å². The van der Waals surface area contributed by atoms with Crippen LogP contribution in [0.15, 0.2) is 98.2 Å². The van der Waals surface area contributed by atoms with Crippen LogP contribution in [0.5, 0.6) is 0 Å². The van der Waals surface area contributed by atoms with E-state index in [0.717, 1.165) is 68.6 Å². The highest BCUT2D eigenvalue weighted by Crippen LogP contribution is 2.36. The van der Waals surface area contributed by atoms with Gasteiger partial charge in [0.25, 0.3) is 0 Å².